The number of carbonyl (C=O) groups excluding carboxylic acids is 2. The number of benzene rings is 2. The first kappa shape index (κ1) is 16.7. The predicted octanol–water partition coefficient (Wildman–Crippen LogP) is 4.39. The summed E-state index contributed by atoms with van der Waals surface area (Å²) in [6.45, 7) is 2.64. The summed E-state index contributed by atoms with van der Waals surface area (Å²) in [6.07, 6.45) is 2.36. The zero-order valence-electron chi connectivity index (χ0n) is 13.5. The van der Waals surface area contributed by atoms with Gasteiger partial charge in [-0.3, -0.25) is 9.59 Å². The van der Waals surface area contributed by atoms with Gasteiger partial charge < -0.3 is 10.2 Å². The van der Waals surface area contributed by atoms with Crippen LogP contribution in [0.1, 0.15) is 35.7 Å². The fourth-order valence-electron chi connectivity index (χ4n) is 2.97. The maximum atomic E-state index is 12.4. The first-order valence-corrected chi connectivity index (χ1v) is 8.88. The third-order valence-corrected chi connectivity index (χ3v) is 4.87. The minimum Gasteiger partial charge on any atom is -0.322 e. The van der Waals surface area contributed by atoms with E-state index < -0.39 is 0 Å². The number of halogens is 1. The van der Waals surface area contributed by atoms with E-state index in [9.17, 15) is 9.59 Å². The number of amides is 2. The number of hydrogen-bond donors (Lipinski definition) is 1. The molecule has 2 aromatic rings. The van der Waals surface area contributed by atoms with E-state index in [4.69, 9.17) is 0 Å². The number of aryl methyl sites for hydroxylation is 1. The number of anilines is 2. The second-order valence-corrected chi connectivity index (χ2v) is 6.63. The molecular formula is C19H19BrN2O2. The van der Waals surface area contributed by atoms with Gasteiger partial charge in [0.15, 0.2) is 0 Å². The molecule has 24 heavy (non-hydrogen) atoms. The summed E-state index contributed by atoms with van der Waals surface area (Å²) >= 11 is 3.40. The average molecular weight is 387 g/mol. The van der Waals surface area contributed by atoms with Crippen molar-refractivity contribution >= 4 is 39.1 Å². The van der Waals surface area contributed by atoms with E-state index >= 15 is 0 Å². The lowest BCUT2D eigenvalue weighted by atomic mass is 10.0. The van der Waals surface area contributed by atoms with Crippen molar-refractivity contribution in [2.24, 2.45) is 0 Å². The van der Waals surface area contributed by atoms with Gasteiger partial charge in [-0.05, 0) is 64.7 Å². The highest BCUT2D eigenvalue weighted by atomic mass is 79.9. The number of nitrogens with zero attached hydrogens (tertiary/aromatic N) is 1. The normalized spacial score (nSPS) is 13.3. The molecule has 0 saturated carbocycles. The monoisotopic (exact) mass is 386 g/mol. The van der Waals surface area contributed by atoms with E-state index in [1.807, 2.05) is 48.2 Å². The van der Waals surface area contributed by atoms with Crippen LogP contribution in [-0.2, 0) is 11.2 Å². The van der Waals surface area contributed by atoms with Crippen LogP contribution in [0.3, 0.4) is 0 Å². The van der Waals surface area contributed by atoms with Crippen LogP contribution in [0.25, 0.3) is 0 Å². The molecule has 1 heterocycles. The predicted molar refractivity (Wildman–Crippen MR) is 99.5 cm³/mol. The molecule has 5 heteroatoms. The molecule has 1 aliphatic heterocycles. The third kappa shape index (κ3) is 3.36. The van der Waals surface area contributed by atoms with Crippen molar-refractivity contribution in [2.75, 3.05) is 16.8 Å². The molecule has 0 radical (unpaired) electrons. The van der Waals surface area contributed by atoms with Gasteiger partial charge >= 0.3 is 0 Å². The Morgan fingerprint density at radius 1 is 1.21 bits per heavy atom. The molecule has 0 aromatic heterocycles. The van der Waals surface area contributed by atoms with Gasteiger partial charge in [0.05, 0.1) is 5.56 Å². The Labute approximate surface area is 150 Å². The topological polar surface area (TPSA) is 49.4 Å². The number of rotatable bonds is 3. The first-order chi connectivity index (χ1) is 11.6. The van der Waals surface area contributed by atoms with E-state index in [2.05, 4.69) is 21.2 Å². The van der Waals surface area contributed by atoms with Crippen LogP contribution in [0.15, 0.2) is 46.9 Å². The molecule has 4 nitrogen and oxygen atoms in total. The molecule has 1 aliphatic rings. The largest absolute Gasteiger partial charge is 0.322 e. The molecule has 0 unspecified atom stereocenters. The Balaban J connectivity index is 1.83. The summed E-state index contributed by atoms with van der Waals surface area (Å²) < 4.78 is 0.764. The molecule has 0 spiro atoms. The van der Waals surface area contributed by atoms with Gasteiger partial charge in [0.1, 0.15) is 0 Å². The van der Waals surface area contributed by atoms with Gasteiger partial charge in [0.25, 0.3) is 5.91 Å². The van der Waals surface area contributed by atoms with Crippen LogP contribution < -0.4 is 10.2 Å². The molecule has 2 aromatic carbocycles. The zero-order chi connectivity index (χ0) is 17.1. The number of carbonyl (C=O) groups is 2. The average Bonchev–Trinajstić information content (AvgIpc) is 2.60. The Bertz CT molecular complexity index is 789. The second-order valence-electron chi connectivity index (χ2n) is 5.78. The standard InChI is InChI=1S/C19H19BrN2O2/c1-2-18(23)22-11-5-6-13-12-14(9-10-17(13)22)21-19(24)15-7-3-4-8-16(15)20/h3-4,7-10,12H,2,5-6,11H2,1H3,(H,21,24). The molecule has 124 valence electrons. The third-order valence-electron chi connectivity index (χ3n) is 4.18. The SMILES string of the molecule is CCC(=O)N1CCCc2cc(NC(=O)c3ccccc3Br)ccc21. The molecule has 3 rings (SSSR count). The summed E-state index contributed by atoms with van der Waals surface area (Å²) in [5, 5.41) is 2.93. The van der Waals surface area contributed by atoms with Crippen molar-refractivity contribution in [2.45, 2.75) is 26.2 Å². The molecule has 2 amide bonds. The van der Waals surface area contributed by atoms with Crippen LogP contribution in [0.2, 0.25) is 0 Å². The Hall–Kier alpha value is -2.14. The van der Waals surface area contributed by atoms with Gasteiger partial charge in [0.2, 0.25) is 5.91 Å². The van der Waals surface area contributed by atoms with Gasteiger partial charge in [-0.1, -0.05) is 19.1 Å². The molecule has 0 atom stereocenters. The van der Waals surface area contributed by atoms with E-state index in [1.54, 1.807) is 6.07 Å². The van der Waals surface area contributed by atoms with Crippen molar-refractivity contribution in [3.8, 4) is 0 Å². The van der Waals surface area contributed by atoms with Gasteiger partial charge in [-0.25, -0.2) is 0 Å². The van der Waals surface area contributed by atoms with Crippen molar-refractivity contribution in [3.63, 3.8) is 0 Å². The smallest absolute Gasteiger partial charge is 0.256 e. The van der Waals surface area contributed by atoms with E-state index in [-0.39, 0.29) is 11.8 Å². The summed E-state index contributed by atoms with van der Waals surface area (Å²) in [5.41, 5.74) is 3.42. The zero-order valence-corrected chi connectivity index (χ0v) is 15.1. The second kappa shape index (κ2) is 7.18. The minimum atomic E-state index is -0.153. The van der Waals surface area contributed by atoms with Crippen LogP contribution in [0.4, 0.5) is 11.4 Å². The van der Waals surface area contributed by atoms with Crippen molar-refractivity contribution in [3.05, 3.63) is 58.1 Å². The van der Waals surface area contributed by atoms with Gasteiger partial charge in [-0.15, -0.1) is 0 Å². The van der Waals surface area contributed by atoms with Crippen LogP contribution in [-0.4, -0.2) is 18.4 Å². The highest BCUT2D eigenvalue weighted by molar-refractivity contribution is 9.10. The van der Waals surface area contributed by atoms with Crippen LogP contribution >= 0.6 is 15.9 Å². The summed E-state index contributed by atoms with van der Waals surface area (Å²) in [6, 6.07) is 13.1. The molecule has 0 bridgehead atoms. The van der Waals surface area contributed by atoms with Crippen LogP contribution in [0, 0.1) is 0 Å². The molecule has 1 N–H and O–H groups in total. The van der Waals surface area contributed by atoms with Gasteiger partial charge in [-0.2, -0.15) is 0 Å². The van der Waals surface area contributed by atoms with Crippen molar-refractivity contribution in [1.82, 2.24) is 0 Å². The molecule has 0 aliphatic carbocycles. The molecule has 0 fully saturated rings. The van der Waals surface area contributed by atoms with E-state index in [0.717, 1.165) is 40.8 Å². The van der Waals surface area contributed by atoms with E-state index in [0.29, 0.717) is 12.0 Å². The lowest BCUT2D eigenvalue weighted by Gasteiger charge is -2.29. The lowest BCUT2D eigenvalue weighted by Crippen LogP contribution is -2.34. The van der Waals surface area contributed by atoms with Crippen LogP contribution in [0.5, 0.6) is 0 Å². The Kier molecular flexibility index (Phi) is 5.00. The maximum absolute atomic E-state index is 12.4. The van der Waals surface area contributed by atoms with Gasteiger partial charge in [0, 0.05) is 28.8 Å². The molecule has 0 saturated heterocycles. The number of nitrogens with one attached hydrogen (secondary N) is 1. The highest BCUT2D eigenvalue weighted by Crippen LogP contribution is 2.30. The number of hydrogen-bond acceptors (Lipinski definition) is 2. The number of fused-ring (bicyclic) bond motifs is 1. The fourth-order valence-corrected chi connectivity index (χ4v) is 3.43. The summed E-state index contributed by atoms with van der Waals surface area (Å²) in [5.74, 6) is -0.0133. The fraction of sp³-hybridized carbons (Fsp3) is 0.263. The highest BCUT2D eigenvalue weighted by Gasteiger charge is 2.21. The van der Waals surface area contributed by atoms with E-state index in [1.165, 1.54) is 0 Å². The summed E-state index contributed by atoms with van der Waals surface area (Å²) in [4.78, 5) is 26.3. The van der Waals surface area contributed by atoms with Crippen molar-refractivity contribution < 1.29 is 9.59 Å². The van der Waals surface area contributed by atoms with Crippen molar-refractivity contribution in [1.29, 1.82) is 0 Å². The summed E-state index contributed by atoms with van der Waals surface area (Å²) in [7, 11) is 0. The molecular weight excluding hydrogens is 368 g/mol. The Morgan fingerprint density at radius 3 is 2.75 bits per heavy atom. The first-order valence-electron chi connectivity index (χ1n) is 8.09. The lowest BCUT2D eigenvalue weighted by molar-refractivity contribution is -0.118. The quantitative estimate of drug-likeness (QED) is 0.849. The maximum Gasteiger partial charge on any atom is 0.256 e. The Morgan fingerprint density at radius 2 is 2.00 bits per heavy atom. The minimum absolute atomic E-state index is 0.140.